The van der Waals surface area contributed by atoms with Crippen molar-refractivity contribution in [2.24, 2.45) is 5.10 Å². The van der Waals surface area contributed by atoms with Crippen molar-refractivity contribution in [2.45, 2.75) is 31.1 Å². The summed E-state index contributed by atoms with van der Waals surface area (Å²) in [5.41, 5.74) is 2.72. The SMILES string of the molecule is Cc1ccc(S(=O)(=O)NN=C(CCCO)Cc2ccccc2)cc1. The van der Waals surface area contributed by atoms with Crippen LogP contribution in [0.25, 0.3) is 0 Å². The van der Waals surface area contributed by atoms with Crippen LogP contribution in [0.2, 0.25) is 0 Å². The summed E-state index contributed by atoms with van der Waals surface area (Å²) in [5.74, 6) is 0. The zero-order chi connectivity index (χ0) is 17.4. The summed E-state index contributed by atoms with van der Waals surface area (Å²) in [4.78, 5) is 2.48. The Balaban J connectivity index is 2.14. The Hall–Kier alpha value is -2.18. The fourth-order valence-corrected chi connectivity index (χ4v) is 3.04. The van der Waals surface area contributed by atoms with Gasteiger partial charge in [-0.25, -0.2) is 4.83 Å². The highest BCUT2D eigenvalue weighted by Crippen LogP contribution is 2.10. The maximum absolute atomic E-state index is 12.3. The number of aliphatic hydroxyl groups is 1. The molecule has 5 nitrogen and oxygen atoms in total. The highest BCUT2D eigenvalue weighted by molar-refractivity contribution is 7.89. The lowest BCUT2D eigenvalue weighted by atomic mass is 10.1. The van der Waals surface area contributed by atoms with E-state index in [2.05, 4.69) is 9.93 Å². The number of nitrogens with zero attached hydrogens (tertiary/aromatic N) is 1. The molecule has 0 saturated heterocycles. The van der Waals surface area contributed by atoms with Crippen LogP contribution in [0.5, 0.6) is 0 Å². The molecule has 2 aromatic rings. The van der Waals surface area contributed by atoms with Crippen molar-refractivity contribution in [1.82, 2.24) is 4.83 Å². The molecule has 6 heteroatoms. The van der Waals surface area contributed by atoms with Crippen molar-refractivity contribution < 1.29 is 13.5 Å². The van der Waals surface area contributed by atoms with E-state index in [9.17, 15) is 8.42 Å². The van der Waals surface area contributed by atoms with Crippen molar-refractivity contribution in [3.8, 4) is 0 Å². The van der Waals surface area contributed by atoms with Crippen LogP contribution < -0.4 is 4.83 Å². The maximum Gasteiger partial charge on any atom is 0.276 e. The molecule has 0 unspecified atom stereocenters. The molecule has 0 atom stereocenters. The molecule has 2 N–H and O–H groups in total. The van der Waals surface area contributed by atoms with Gasteiger partial charge in [-0.15, -0.1) is 0 Å². The molecule has 0 fully saturated rings. The van der Waals surface area contributed by atoms with E-state index in [1.165, 1.54) is 0 Å². The first-order valence-corrected chi connectivity index (χ1v) is 9.28. The lowest BCUT2D eigenvalue weighted by Crippen LogP contribution is -2.21. The second-order valence-electron chi connectivity index (χ2n) is 5.58. The van der Waals surface area contributed by atoms with E-state index >= 15 is 0 Å². The fraction of sp³-hybridized carbons (Fsp3) is 0.278. The monoisotopic (exact) mass is 346 g/mol. The predicted octanol–water partition coefficient (Wildman–Crippen LogP) is 2.64. The minimum absolute atomic E-state index is 0.0402. The third-order valence-electron chi connectivity index (χ3n) is 3.53. The minimum atomic E-state index is -3.69. The number of hydrogen-bond acceptors (Lipinski definition) is 4. The van der Waals surface area contributed by atoms with Gasteiger partial charge in [-0.05, 0) is 37.5 Å². The van der Waals surface area contributed by atoms with Gasteiger partial charge in [-0.1, -0.05) is 48.0 Å². The van der Waals surface area contributed by atoms with Gasteiger partial charge in [0.1, 0.15) is 0 Å². The standard InChI is InChI=1S/C18H22N2O3S/c1-15-9-11-18(12-10-15)24(22,23)20-19-17(8-5-13-21)14-16-6-3-2-4-7-16/h2-4,6-7,9-12,20-21H,5,8,13-14H2,1H3. The molecule has 0 aliphatic heterocycles. The molecule has 0 heterocycles. The van der Waals surface area contributed by atoms with Crippen molar-refractivity contribution >= 4 is 15.7 Å². The Morgan fingerprint density at radius 2 is 1.75 bits per heavy atom. The van der Waals surface area contributed by atoms with Gasteiger partial charge in [0, 0.05) is 18.7 Å². The van der Waals surface area contributed by atoms with Crippen LogP contribution in [0.1, 0.15) is 24.0 Å². The smallest absolute Gasteiger partial charge is 0.276 e. The number of hydrogen-bond donors (Lipinski definition) is 2. The van der Waals surface area contributed by atoms with Crippen molar-refractivity contribution in [3.63, 3.8) is 0 Å². The molecule has 0 aliphatic carbocycles. The molecule has 0 radical (unpaired) electrons. The first-order valence-electron chi connectivity index (χ1n) is 7.80. The molecule has 0 amide bonds. The van der Waals surface area contributed by atoms with Crippen molar-refractivity contribution in [3.05, 3.63) is 65.7 Å². The first-order chi connectivity index (χ1) is 11.5. The zero-order valence-electron chi connectivity index (χ0n) is 13.6. The summed E-state index contributed by atoms with van der Waals surface area (Å²) in [7, 11) is -3.69. The number of nitrogens with one attached hydrogen (secondary N) is 1. The number of sulfonamides is 1. The molecule has 0 bridgehead atoms. The van der Waals surface area contributed by atoms with Crippen LogP contribution in [-0.4, -0.2) is 25.8 Å². The second-order valence-corrected chi connectivity index (χ2v) is 7.24. The van der Waals surface area contributed by atoms with E-state index in [-0.39, 0.29) is 11.5 Å². The molecular weight excluding hydrogens is 324 g/mol. The Morgan fingerprint density at radius 1 is 1.08 bits per heavy atom. The Bertz CT molecular complexity index is 770. The van der Waals surface area contributed by atoms with E-state index in [1.54, 1.807) is 24.3 Å². The molecule has 128 valence electrons. The Morgan fingerprint density at radius 3 is 2.38 bits per heavy atom. The third kappa shape index (κ3) is 5.47. The van der Waals surface area contributed by atoms with Crippen LogP contribution in [0.3, 0.4) is 0 Å². The van der Waals surface area contributed by atoms with Crippen LogP contribution in [0.15, 0.2) is 64.6 Å². The second kappa shape index (κ2) is 8.61. The van der Waals surface area contributed by atoms with Gasteiger partial charge in [-0.3, -0.25) is 0 Å². The predicted molar refractivity (Wildman–Crippen MR) is 95.4 cm³/mol. The number of benzene rings is 2. The van der Waals surface area contributed by atoms with Gasteiger partial charge in [0.25, 0.3) is 10.0 Å². The van der Waals surface area contributed by atoms with E-state index < -0.39 is 10.0 Å². The number of aryl methyl sites for hydroxylation is 1. The summed E-state index contributed by atoms with van der Waals surface area (Å²) in [5, 5.41) is 13.1. The average molecular weight is 346 g/mol. The van der Waals surface area contributed by atoms with Crippen LogP contribution >= 0.6 is 0 Å². The maximum atomic E-state index is 12.3. The van der Waals surface area contributed by atoms with Gasteiger partial charge in [0.15, 0.2) is 0 Å². The highest BCUT2D eigenvalue weighted by atomic mass is 32.2. The minimum Gasteiger partial charge on any atom is -0.396 e. The third-order valence-corrected chi connectivity index (χ3v) is 4.75. The van der Waals surface area contributed by atoms with E-state index in [0.29, 0.717) is 25.0 Å². The Kier molecular flexibility index (Phi) is 6.52. The number of aliphatic hydroxyl groups excluding tert-OH is 1. The lowest BCUT2D eigenvalue weighted by molar-refractivity contribution is 0.291. The van der Waals surface area contributed by atoms with E-state index in [1.807, 2.05) is 37.3 Å². The molecule has 0 aliphatic rings. The summed E-state index contributed by atoms with van der Waals surface area (Å²) in [6.45, 7) is 1.94. The largest absolute Gasteiger partial charge is 0.396 e. The van der Waals surface area contributed by atoms with E-state index in [0.717, 1.165) is 11.1 Å². The molecule has 0 spiro atoms. The molecule has 24 heavy (non-hydrogen) atoms. The van der Waals surface area contributed by atoms with E-state index in [4.69, 9.17) is 5.11 Å². The topological polar surface area (TPSA) is 78.8 Å². The molecule has 0 aromatic heterocycles. The summed E-state index contributed by atoms with van der Waals surface area (Å²) < 4.78 is 24.6. The quantitative estimate of drug-likeness (QED) is 0.570. The summed E-state index contributed by atoms with van der Waals surface area (Å²) in [6, 6.07) is 16.3. The van der Waals surface area contributed by atoms with Crippen LogP contribution in [0, 0.1) is 6.92 Å². The summed E-state index contributed by atoms with van der Waals surface area (Å²) >= 11 is 0. The van der Waals surface area contributed by atoms with Gasteiger partial charge in [-0.2, -0.15) is 13.5 Å². The van der Waals surface area contributed by atoms with Crippen molar-refractivity contribution in [2.75, 3.05) is 6.61 Å². The lowest BCUT2D eigenvalue weighted by Gasteiger charge is -2.08. The fourth-order valence-electron chi connectivity index (χ4n) is 2.19. The van der Waals surface area contributed by atoms with Gasteiger partial charge in [0.05, 0.1) is 4.90 Å². The average Bonchev–Trinajstić information content (AvgIpc) is 2.58. The first kappa shape index (κ1) is 18.2. The van der Waals surface area contributed by atoms with Gasteiger partial charge in [0.2, 0.25) is 0 Å². The highest BCUT2D eigenvalue weighted by Gasteiger charge is 2.13. The molecule has 0 saturated carbocycles. The number of hydrazone groups is 1. The normalized spacial score (nSPS) is 12.2. The van der Waals surface area contributed by atoms with Gasteiger partial charge >= 0.3 is 0 Å². The van der Waals surface area contributed by atoms with Crippen molar-refractivity contribution in [1.29, 1.82) is 0 Å². The molecular formula is C18H22N2O3S. The van der Waals surface area contributed by atoms with Crippen LogP contribution in [0.4, 0.5) is 0 Å². The molecule has 2 aromatic carbocycles. The zero-order valence-corrected chi connectivity index (χ0v) is 14.5. The summed E-state index contributed by atoms with van der Waals surface area (Å²) in [6.07, 6.45) is 1.61. The Labute approximate surface area is 143 Å². The van der Waals surface area contributed by atoms with Gasteiger partial charge < -0.3 is 5.11 Å². The molecule has 2 rings (SSSR count). The van der Waals surface area contributed by atoms with Crippen LogP contribution in [-0.2, 0) is 16.4 Å². The number of rotatable bonds is 8.